The third-order valence-electron chi connectivity index (χ3n) is 7.22. The van der Waals surface area contributed by atoms with Crippen LogP contribution in [0, 0.1) is 29.0 Å². The zero-order chi connectivity index (χ0) is 22.3. The van der Waals surface area contributed by atoms with Crippen molar-refractivity contribution in [2.45, 2.75) is 70.6 Å². The molecule has 6 rings (SSSR count). The summed E-state index contributed by atoms with van der Waals surface area (Å²) in [5, 5.41) is 0.313. The molecule has 5 aliphatic rings. The van der Waals surface area contributed by atoms with E-state index < -0.39 is 5.82 Å². The highest BCUT2D eigenvalue weighted by Crippen LogP contribution is 2.60. The molecule has 0 aliphatic heterocycles. The highest BCUT2D eigenvalue weighted by Gasteiger charge is 2.51. The van der Waals surface area contributed by atoms with E-state index in [1.807, 2.05) is 0 Å². The van der Waals surface area contributed by atoms with Crippen LogP contribution in [0.25, 0.3) is 0 Å². The van der Waals surface area contributed by atoms with Gasteiger partial charge >= 0.3 is 0 Å². The predicted molar refractivity (Wildman–Crippen MR) is 119 cm³/mol. The van der Waals surface area contributed by atoms with Gasteiger partial charge in [-0.25, -0.2) is 4.39 Å². The number of aldehydes is 1. The van der Waals surface area contributed by atoms with E-state index in [1.165, 1.54) is 89.9 Å². The van der Waals surface area contributed by atoms with Gasteiger partial charge in [-0.1, -0.05) is 43.7 Å². The standard InChI is InChI=1S/C18H20ClFO2.C5H10.C2H4O2/c19-15-4-14(9-21)16(20)5-17(15)22-10-18-6-11-1-12(7-18)3-13(2-11)8-18;1-2-4-5-3-1;1-4-2-3/h4-5,9,11-13H,1-3,6-8,10H2;1-5H2;2H,1H3. The first-order valence-corrected chi connectivity index (χ1v) is 11.9. The second kappa shape index (κ2) is 11.3. The average Bonchev–Trinajstić information content (AvgIpc) is 3.33. The van der Waals surface area contributed by atoms with Crippen LogP contribution in [0.3, 0.4) is 0 Å². The number of rotatable bonds is 5. The lowest BCUT2D eigenvalue weighted by atomic mass is 9.50. The first kappa shape index (κ1) is 24.0. The Morgan fingerprint density at radius 3 is 1.90 bits per heavy atom. The Kier molecular flexibility index (Phi) is 8.76. The molecule has 0 aromatic heterocycles. The second-order valence-electron chi connectivity index (χ2n) is 9.73. The van der Waals surface area contributed by atoms with Gasteiger partial charge in [0.25, 0.3) is 6.47 Å². The molecular formula is C25H34ClFO4. The molecule has 0 heterocycles. The summed E-state index contributed by atoms with van der Waals surface area (Å²) >= 11 is 6.12. The van der Waals surface area contributed by atoms with Gasteiger partial charge in [0.2, 0.25) is 0 Å². The molecule has 0 N–H and O–H groups in total. The topological polar surface area (TPSA) is 52.6 Å². The molecule has 0 saturated heterocycles. The van der Waals surface area contributed by atoms with E-state index in [-0.39, 0.29) is 11.0 Å². The van der Waals surface area contributed by atoms with Crippen LogP contribution in [0.2, 0.25) is 5.02 Å². The first-order chi connectivity index (χ1) is 15.0. The van der Waals surface area contributed by atoms with Gasteiger partial charge in [0.15, 0.2) is 6.29 Å². The third-order valence-corrected chi connectivity index (χ3v) is 7.52. The van der Waals surface area contributed by atoms with Gasteiger partial charge < -0.3 is 9.47 Å². The van der Waals surface area contributed by atoms with Crippen molar-refractivity contribution >= 4 is 24.4 Å². The fourth-order valence-electron chi connectivity index (χ4n) is 6.33. The quantitative estimate of drug-likeness (QED) is 0.470. The van der Waals surface area contributed by atoms with Crippen molar-refractivity contribution in [2.24, 2.45) is 23.2 Å². The van der Waals surface area contributed by atoms with Crippen molar-refractivity contribution < 1.29 is 23.5 Å². The van der Waals surface area contributed by atoms with E-state index in [0.717, 1.165) is 17.8 Å². The largest absolute Gasteiger partial charge is 0.491 e. The Hall–Kier alpha value is -1.62. The molecule has 172 valence electrons. The summed E-state index contributed by atoms with van der Waals surface area (Å²) in [7, 11) is 1.31. The lowest BCUT2D eigenvalue weighted by molar-refractivity contribution is -0.126. The van der Waals surface area contributed by atoms with Gasteiger partial charge in [-0.2, -0.15) is 0 Å². The average molecular weight is 453 g/mol. The molecule has 0 unspecified atom stereocenters. The fourth-order valence-corrected chi connectivity index (χ4v) is 6.55. The summed E-state index contributed by atoms with van der Waals surface area (Å²) in [4.78, 5) is 19.7. The second-order valence-corrected chi connectivity index (χ2v) is 10.1. The summed E-state index contributed by atoms with van der Waals surface area (Å²) in [6, 6.07) is 2.59. The Bertz CT molecular complexity index is 704. The van der Waals surface area contributed by atoms with E-state index in [2.05, 4.69) is 4.74 Å². The number of hydrogen-bond donors (Lipinski definition) is 0. The molecule has 31 heavy (non-hydrogen) atoms. The highest BCUT2D eigenvalue weighted by atomic mass is 35.5. The zero-order valence-electron chi connectivity index (χ0n) is 18.4. The van der Waals surface area contributed by atoms with E-state index in [4.69, 9.17) is 21.1 Å². The van der Waals surface area contributed by atoms with Crippen LogP contribution in [-0.4, -0.2) is 26.5 Å². The lowest BCUT2D eigenvalue weighted by Crippen LogP contribution is -2.48. The maximum Gasteiger partial charge on any atom is 0.292 e. The molecule has 5 fully saturated rings. The summed E-state index contributed by atoms with van der Waals surface area (Å²) in [6.07, 6.45) is 15.9. The Balaban J connectivity index is 0.000000254. The summed E-state index contributed by atoms with van der Waals surface area (Å²) in [6.45, 7) is 0.996. The molecule has 5 saturated carbocycles. The Labute approximate surface area is 189 Å². The number of ether oxygens (including phenoxy) is 2. The zero-order valence-corrected chi connectivity index (χ0v) is 19.2. The molecule has 1 aromatic rings. The van der Waals surface area contributed by atoms with Gasteiger partial charge in [0, 0.05) is 11.5 Å². The number of carbonyl (C=O) groups excluding carboxylic acids is 2. The third kappa shape index (κ3) is 6.44. The summed E-state index contributed by atoms with van der Waals surface area (Å²) in [5.74, 6) is 2.37. The predicted octanol–water partition coefficient (Wildman–Crippen LogP) is 6.63. The summed E-state index contributed by atoms with van der Waals surface area (Å²) in [5.41, 5.74) is 0.241. The van der Waals surface area contributed by atoms with Gasteiger partial charge in [-0.15, -0.1) is 0 Å². The molecule has 0 atom stereocenters. The van der Waals surface area contributed by atoms with E-state index >= 15 is 0 Å². The van der Waals surface area contributed by atoms with Crippen molar-refractivity contribution in [3.8, 4) is 5.75 Å². The Morgan fingerprint density at radius 1 is 1.00 bits per heavy atom. The molecule has 6 heteroatoms. The minimum Gasteiger partial charge on any atom is -0.491 e. The number of methoxy groups -OCH3 is 1. The minimum atomic E-state index is -0.570. The van der Waals surface area contributed by atoms with Crippen molar-refractivity contribution in [2.75, 3.05) is 13.7 Å². The number of carbonyl (C=O) groups is 2. The van der Waals surface area contributed by atoms with Gasteiger partial charge in [0.05, 0.1) is 24.3 Å². The molecule has 4 bridgehead atoms. The van der Waals surface area contributed by atoms with Crippen LogP contribution < -0.4 is 4.74 Å². The first-order valence-electron chi connectivity index (χ1n) is 11.5. The molecule has 4 nitrogen and oxygen atoms in total. The minimum absolute atomic E-state index is 0.0212. The van der Waals surface area contributed by atoms with Crippen LogP contribution in [0.5, 0.6) is 5.75 Å². The maximum atomic E-state index is 13.7. The number of halogens is 2. The lowest BCUT2D eigenvalue weighted by Gasteiger charge is -2.56. The smallest absolute Gasteiger partial charge is 0.292 e. The number of hydrogen-bond acceptors (Lipinski definition) is 4. The van der Waals surface area contributed by atoms with Crippen molar-refractivity contribution in [3.63, 3.8) is 0 Å². The van der Waals surface area contributed by atoms with Gasteiger partial charge in [-0.3, -0.25) is 9.59 Å². The summed E-state index contributed by atoms with van der Waals surface area (Å²) < 4.78 is 23.5. The molecule has 0 spiro atoms. The van der Waals surface area contributed by atoms with Crippen LogP contribution >= 0.6 is 11.6 Å². The molecule has 5 aliphatic carbocycles. The van der Waals surface area contributed by atoms with Crippen LogP contribution in [-0.2, 0) is 9.53 Å². The molecule has 1 aromatic carbocycles. The fraction of sp³-hybridized carbons (Fsp3) is 0.680. The molecular weight excluding hydrogens is 419 g/mol. The highest BCUT2D eigenvalue weighted by molar-refractivity contribution is 6.32. The maximum absolute atomic E-state index is 13.7. The van der Waals surface area contributed by atoms with E-state index in [0.29, 0.717) is 30.1 Å². The van der Waals surface area contributed by atoms with Crippen LogP contribution in [0.4, 0.5) is 4.39 Å². The number of benzene rings is 1. The SMILES string of the molecule is C1CCCC1.COC=O.O=Cc1cc(Cl)c(OCC23CC4CC(CC(C4)C2)C3)cc1F. The normalized spacial score (nSPS) is 29.8. The monoisotopic (exact) mass is 452 g/mol. The van der Waals surface area contributed by atoms with E-state index in [9.17, 15) is 9.18 Å². The van der Waals surface area contributed by atoms with Crippen LogP contribution in [0.15, 0.2) is 12.1 Å². The molecule has 0 amide bonds. The van der Waals surface area contributed by atoms with Crippen molar-refractivity contribution in [3.05, 3.63) is 28.5 Å². The van der Waals surface area contributed by atoms with Crippen LogP contribution in [0.1, 0.15) is 81.0 Å². The Morgan fingerprint density at radius 2 is 1.48 bits per heavy atom. The van der Waals surface area contributed by atoms with Gasteiger partial charge in [0.1, 0.15) is 11.6 Å². The van der Waals surface area contributed by atoms with Crippen molar-refractivity contribution in [1.82, 2.24) is 0 Å². The van der Waals surface area contributed by atoms with Gasteiger partial charge in [-0.05, 0) is 62.3 Å². The molecule has 0 radical (unpaired) electrons. The van der Waals surface area contributed by atoms with E-state index in [1.54, 1.807) is 0 Å². The van der Waals surface area contributed by atoms with Crippen molar-refractivity contribution in [1.29, 1.82) is 0 Å².